The normalized spacial score (nSPS) is 15.1. The molecule has 1 N–H and O–H groups in total. The van der Waals surface area contributed by atoms with E-state index >= 15 is 0 Å². The average Bonchev–Trinajstić information content (AvgIpc) is 2.63. The highest BCUT2D eigenvalue weighted by atomic mass is 19.1. The van der Waals surface area contributed by atoms with Crippen molar-refractivity contribution < 1.29 is 4.39 Å². The topological polar surface area (TPSA) is 39.1 Å². The van der Waals surface area contributed by atoms with Crippen LogP contribution in [0.2, 0.25) is 0 Å². The monoisotopic (exact) mass is 351 g/mol. The zero-order valence-corrected chi connectivity index (χ0v) is 15.5. The summed E-state index contributed by atoms with van der Waals surface area (Å²) in [5, 5.41) is 12.5. The Kier molecular flexibility index (Phi) is 5.78. The number of nitriles is 1. The summed E-state index contributed by atoms with van der Waals surface area (Å²) in [6, 6.07) is 15.8. The Hall–Kier alpha value is -2.54. The van der Waals surface area contributed by atoms with Crippen LogP contribution < -0.4 is 10.2 Å². The molecule has 0 radical (unpaired) electrons. The Balaban J connectivity index is 1.55. The summed E-state index contributed by atoms with van der Waals surface area (Å²) >= 11 is 0. The molecule has 0 spiro atoms. The highest BCUT2D eigenvalue weighted by molar-refractivity contribution is 5.52. The van der Waals surface area contributed by atoms with E-state index in [0.717, 1.165) is 38.0 Å². The van der Waals surface area contributed by atoms with Crippen molar-refractivity contribution in [3.8, 4) is 6.07 Å². The maximum atomic E-state index is 14.2. The van der Waals surface area contributed by atoms with Gasteiger partial charge >= 0.3 is 0 Å². The van der Waals surface area contributed by atoms with E-state index in [2.05, 4.69) is 48.3 Å². The van der Waals surface area contributed by atoms with Crippen molar-refractivity contribution in [2.24, 2.45) is 5.92 Å². The first-order chi connectivity index (χ1) is 12.5. The fraction of sp³-hybridized carbons (Fsp3) is 0.409. The molecule has 136 valence electrons. The van der Waals surface area contributed by atoms with Gasteiger partial charge in [-0.05, 0) is 61.1 Å². The average molecular weight is 351 g/mol. The second-order valence-electron chi connectivity index (χ2n) is 7.48. The number of halogens is 1. The summed E-state index contributed by atoms with van der Waals surface area (Å²) in [4.78, 5) is 2.07. The third-order valence-corrected chi connectivity index (χ3v) is 4.88. The summed E-state index contributed by atoms with van der Waals surface area (Å²) < 4.78 is 14.2. The number of benzene rings is 2. The number of nitrogens with one attached hydrogen (secondary N) is 1. The van der Waals surface area contributed by atoms with E-state index in [1.54, 1.807) is 12.1 Å². The number of hydrogen-bond donors (Lipinski definition) is 1. The Bertz CT molecular complexity index is 769. The molecule has 1 aliphatic heterocycles. The third kappa shape index (κ3) is 4.54. The summed E-state index contributed by atoms with van der Waals surface area (Å²) in [5.74, 6) is 0.358. The van der Waals surface area contributed by atoms with Gasteiger partial charge in [0, 0.05) is 24.8 Å². The van der Waals surface area contributed by atoms with Crippen molar-refractivity contribution in [3.05, 3.63) is 59.4 Å². The van der Waals surface area contributed by atoms with E-state index in [1.165, 1.54) is 11.6 Å². The molecule has 2 aromatic rings. The van der Waals surface area contributed by atoms with Crippen molar-refractivity contribution in [2.45, 2.75) is 39.2 Å². The predicted octanol–water partition coefficient (Wildman–Crippen LogP) is 4.98. The van der Waals surface area contributed by atoms with Gasteiger partial charge in [-0.2, -0.15) is 5.26 Å². The lowest BCUT2D eigenvalue weighted by atomic mass is 10.0. The molecule has 3 rings (SSSR count). The van der Waals surface area contributed by atoms with Crippen molar-refractivity contribution in [2.75, 3.05) is 23.3 Å². The Morgan fingerprint density at radius 3 is 2.42 bits per heavy atom. The fourth-order valence-corrected chi connectivity index (χ4v) is 3.54. The molecule has 2 aromatic carbocycles. The molecule has 1 fully saturated rings. The standard InChI is InChI=1S/C22H26FN3/c1-16(2)13-17-3-6-19(7-4-17)25-20-9-11-26(12-10-20)22-8-5-18(15-24)14-21(22)23/h3-8,14,16,20,25H,9-13H2,1-2H3. The highest BCUT2D eigenvalue weighted by Gasteiger charge is 2.21. The third-order valence-electron chi connectivity index (χ3n) is 4.88. The smallest absolute Gasteiger partial charge is 0.147 e. The molecule has 1 heterocycles. The van der Waals surface area contributed by atoms with E-state index in [9.17, 15) is 4.39 Å². The van der Waals surface area contributed by atoms with Crippen LogP contribution in [0.4, 0.5) is 15.8 Å². The van der Waals surface area contributed by atoms with E-state index in [1.807, 2.05) is 6.07 Å². The first kappa shape index (κ1) is 18.3. The number of nitrogens with zero attached hydrogens (tertiary/aromatic N) is 2. The second kappa shape index (κ2) is 8.23. The van der Waals surface area contributed by atoms with E-state index in [-0.39, 0.29) is 5.82 Å². The summed E-state index contributed by atoms with van der Waals surface area (Å²) in [6.45, 7) is 6.09. The van der Waals surface area contributed by atoms with Gasteiger partial charge < -0.3 is 10.2 Å². The van der Waals surface area contributed by atoms with Crippen LogP contribution in [0.15, 0.2) is 42.5 Å². The van der Waals surface area contributed by atoms with Gasteiger partial charge in [-0.1, -0.05) is 26.0 Å². The zero-order chi connectivity index (χ0) is 18.5. The van der Waals surface area contributed by atoms with Crippen LogP contribution in [0, 0.1) is 23.1 Å². The first-order valence-corrected chi connectivity index (χ1v) is 9.35. The van der Waals surface area contributed by atoms with Crippen molar-refractivity contribution in [1.29, 1.82) is 5.26 Å². The van der Waals surface area contributed by atoms with E-state index in [4.69, 9.17) is 5.26 Å². The number of anilines is 2. The maximum absolute atomic E-state index is 14.2. The van der Waals surface area contributed by atoms with Gasteiger partial charge in [0.2, 0.25) is 0 Å². The van der Waals surface area contributed by atoms with Gasteiger partial charge in [0.15, 0.2) is 0 Å². The lowest BCUT2D eigenvalue weighted by Gasteiger charge is -2.34. The van der Waals surface area contributed by atoms with Crippen molar-refractivity contribution in [1.82, 2.24) is 0 Å². The molecule has 0 saturated carbocycles. The summed E-state index contributed by atoms with van der Waals surface area (Å²) in [6.07, 6.45) is 3.04. The minimum Gasteiger partial charge on any atom is -0.382 e. The molecule has 0 bridgehead atoms. The molecule has 0 unspecified atom stereocenters. The SMILES string of the molecule is CC(C)Cc1ccc(NC2CCN(c3ccc(C#N)cc3F)CC2)cc1. The maximum Gasteiger partial charge on any atom is 0.147 e. The second-order valence-corrected chi connectivity index (χ2v) is 7.48. The van der Waals surface area contributed by atoms with Gasteiger partial charge in [-0.3, -0.25) is 0 Å². The largest absolute Gasteiger partial charge is 0.382 e. The van der Waals surface area contributed by atoms with Crippen LogP contribution in [0.1, 0.15) is 37.8 Å². The van der Waals surface area contributed by atoms with Crippen molar-refractivity contribution in [3.63, 3.8) is 0 Å². The highest BCUT2D eigenvalue weighted by Crippen LogP contribution is 2.25. The van der Waals surface area contributed by atoms with Crippen LogP contribution in [0.25, 0.3) is 0 Å². The molecule has 0 aromatic heterocycles. The molecule has 1 saturated heterocycles. The Morgan fingerprint density at radius 1 is 1.15 bits per heavy atom. The van der Waals surface area contributed by atoms with Crippen LogP contribution in [0.5, 0.6) is 0 Å². The van der Waals surface area contributed by atoms with Gasteiger partial charge in [0.1, 0.15) is 5.82 Å². The first-order valence-electron chi connectivity index (χ1n) is 9.35. The van der Waals surface area contributed by atoms with Gasteiger partial charge in [-0.25, -0.2) is 4.39 Å². The number of rotatable bonds is 5. The van der Waals surface area contributed by atoms with Gasteiger partial charge in [0.05, 0.1) is 17.3 Å². The molecule has 1 aliphatic rings. The molecule has 4 heteroatoms. The lowest BCUT2D eigenvalue weighted by molar-refractivity contribution is 0.516. The quantitative estimate of drug-likeness (QED) is 0.826. The molecular formula is C22H26FN3. The van der Waals surface area contributed by atoms with E-state index < -0.39 is 0 Å². The summed E-state index contributed by atoms with van der Waals surface area (Å²) in [7, 11) is 0. The molecular weight excluding hydrogens is 325 g/mol. The molecule has 0 atom stereocenters. The molecule has 0 amide bonds. The Labute approximate surface area is 155 Å². The lowest BCUT2D eigenvalue weighted by Crippen LogP contribution is -2.39. The van der Waals surface area contributed by atoms with Crippen molar-refractivity contribution >= 4 is 11.4 Å². The minimum absolute atomic E-state index is 0.309. The number of hydrogen-bond acceptors (Lipinski definition) is 3. The van der Waals surface area contributed by atoms with Crippen LogP contribution >= 0.6 is 0 Å². The fourth-order valence-electron chi connectivity index (χ4n) is 3.54. The van der Waals surface area contributed by atoms with E-state index in [0.29, 0.717) is 23.2 Å². The molecule has 0 aliphatic carbocycles. The summed E-state index contributed by atoms with van der Waals surface area (Å²) in [5.41, 5.74) is 3.49. The van der Waals surface area contributed by atoms with Crippen LogP contribution in [0.3, 0.4) is 0 Å². The Morgan fingerprint density at radius 2 is 1.85 bits per heavy atom. The minimum atomic E-state index is -0.309. The molecule has 3 nitrogen and oxygen atoms in total. The molecule has 26 heavy (non-hydrogen) atoms. The van der Waals surface area contributed by atoms with Crippen LogP contribution in [-0.4, -0.2) is 19.1 Å². The number of piperidine rings is 1. The van der Waals surface area contributed by atoms with Gasteiger partial charge in [-0.15, -0.1) is 0 Å². The zero-order valence-electron chi connectivity index (χ0n) is 15.5. The predicted molar refractivity (Wildman–Crippen MR) is 105 cm³/mol. The van der Waals surface area contributed by atoms with Gasteiger partial charge in [0.25, 0.3) is 0 Å². The van der Waals surface area contributed by atoms with Crippen LogP contribution in [-0.2, 0) is 6.42 Å².